The molecule has 0 spiro atoms. The van der Waals surface area contributed by atoms with Gasteiger partial charge in [-0.15, -0.1) is 11.3 Å². The fourth-order valence-electron chi connectivity index (χ4n) is 1.78. The average Bonchev–Trinajstić information content (AvgIpc) is 2.58. The number of aromatic nitrogens is 1. The summed E-state index contributed by atoms with van der Waals surface area (Å²) in [6, 6.07) is 0. The second kappa shape index (κ2) is 4.73. The van der Waals surface area contributed by atoms with Crippen LogP contribution in [0.2, 0.25) is 0 Å². The zero-order valence-electron chi connectivity index (χ0n) is 9.47. The van der Waals surface area contributed by atoms with Crippen molar-refractivity contribution in [2.24, 2.45) is 5.92 Å². The van der Waals surface area contributed by atoms with Gasteiger partial charge in [-0.25, -0.2) is 13.4 Å². The summed E-state index contributed by atoms with van der Waals surface area (Å²) in [4.78, 5) is 15.7. The molecule has 2 heterocycles. The van der Waals surface area contributed by atoms with Crippen molar-refractivity contribution in [3.8, 4) is 0 Å². The van der Waals surface area contributed by atoms with Gasteiger partial charge < -0.3 is 5.32 Å². The van der Waals surface area contributed by atoms with E-state index in [1.807, 2.05) is 12.3 Å². The van der Waals surface area contributed by atoms with Crippen molar-refractivity contribution in [2.75, 3.05) is 11.5 Å². The fourth-order valence-corrected chi connectivity index (χ4v) is 4.07. The number of carbonyl (C=O) groups excluding carboxylic acids is 1. The third-order valence-electron chi connectivity index (χ3n) is 2.56. The van der Waals surface area contributed by atoms with Crippen LogP contribution in [-0.2, 0) is 21.2 Å². The second-order valence-corrected chi connectivity index (χ2v) is 7.40. The summed E-state index contributed by atoms with van der Waals surface area (Å²) in [5.74, 6) is 0.198. The Labute approximate surface area is 104 Å². The number of nitrogens with one attached hydrogen (secondary N) is 1. The summed E-state index contributed by atoms with van der Waals surface area (Å²) in [5, 5.41) is 5.56. The number of sulfone groups is 1. The van der Waals surface area contributed by atoms with Crippen LogP contribution in [0, 0.1) is 12.8 Å². The van der Waals surface area contributed by atoms with E-state index in [9.17, 15) is 13.2 Å². The Morgan fingerprint density at radius 2 is 2.29 bits per heavy atom. The summed E-state index contributed by atoms with van der Waals surface area (Å²) in [6.45, 7) is 2.33. The van der Waals surface area contributed by atoms with Crippen LogP contribution < -0.4 is 5.32 Å². The molecule has 0 unspecified atom stereocenters. The standard InChI is InChI=1S/C10H14N2O3S2/c1-7-4-16-10(12-7)3-11-9(13)2-8-5-17(14,15)6-8/h4,8H,2-3,5-6H2,1H3,(H,11,13). The molecule has 0 aromatic carbocycles. The molecule has 1 saturated heterocycles. The van der Waals surface area contributed by atoms with Gasteiger partial charge in [0, 0.05) is 17.5 Å². The molecular weight excluding hydrogens is 260 g/mol. The van der Waals surface area contributed by atoms with Crippen molar-refractivity contribution in [3.05, 3.63) is 16.1 Å². The molecule has 2 rings (SSSR count). The highest BCUT2D eigenvalue weighted by atomic mass is 32.2. The van der Waals surface area contributed by atoms with Crippen LogP contribution >= 0.6 is 11.3 Å². The molecule has 1 aliphatic heterocycles. The highest BCUT2D eigenvalue weighted by Gasteiger charge is 2.34. The largest absolute Gasteiger partial charge is 0.350 e. The van der Waals surface area contributed by atoms with Crippen LogP contribution in [0.4, 0.5) is 0 Å². The predicted molar refractivity (Wildman–Crippen MR) is 65.5 cm³/mol. The van der Waals surface area contributed by atoms with Gasteiger partial charge in [-0.05, 0) is 12.8 Å². The Hall–Kier alpha value is -0.950. The Balaban J connectivity index is 1.72. The smallest absolute Gasteiger partial charge is 0.220 e. The molecule has 1 N–H and O–H groups in total. The Morgan fingerprint density at radius 1 is 1.59 bits per heavy atom. The van der Waals surface area contributed by atoms with Gasteiger partial charge in [-0.3, -0.25) is 4.79 Å². The van der Waals surface area contributed by atoms with E-state index < -0.39 is 9.84 Å². The van der Waals surface area contributed by atoms with E-state index in [2.05, 4.69) is 10.3 Å². The molecule has 94 valence electrons. The van der Waals surface area contributed by atoms with E-state index >= 15 is 0 Å². The highest BCUT2D eigenvalue weighted by molar-refractivity contribution is 7.92. The minimum atomic E-state index is -2.83. The first-order valence-electron chi connectivity index (χ1n) is 5.33. The summed E-state index contributed by atoms with van der Waals surface area (Å²) in [6.07, 6.45) is 0.295. The minimum Gasteiger partial charge on any atom is -0.350 e. The molecule has 1 aromatic heterocycles. The first-order valence-corrected chi connectivity index (χ1v) is 8.03. The Morgan fingerprint density at radius 3 is 2.82 bits per heavy atom. The monoisotopic (exact) mass is 274 g/mol. The van der Waals surface area contributed by atoms with Gasteiger partial charge in [0.25, 0.3) is 0 Å². The van der Waals surface area contributed by atoms with Gasteiger partial charge in [0.15, 0.2) is 9.84 Å². The third kappa shape index (κ3) is 3.50. The number of rotatable bonds is 4. The normalized spacial score (nSPS) is 18.6. The van der Waals surface area contributed by atoms with E-state index in [-0.39, 0.29) is 23.3 Å². The van der Waals surface area contributed by atoms with Crippen LogP contribution in [0.25, 0.3) is 0 Å². The van der Waals surface area contributed by atoms with Crippen LogP contribution in [-0.4, -0.2) is 30.8 Å². The molecule has 1 fully saturated rings. The lowest BCUT2D eigenvalue weighted by Gasteiger charge is -2.24. The van der Waals surface area contributed by atoms with Gasteiger partial charge in [-0.1, -0.05) is 0 Å². The number of amides is 1. The predicted octanol–water partition coefficient (Wildman–Crippen LogP) is 0.502. The first-order chi connectivity index (χ1) is 7.94. The quantitative estimate of drug-likeness (QED) is 0.867. The van der Waals surface area contributed by atoms with Crippen molar-refractivity contribution in [1.29, 1.82) is 0 Å². The van der Waals surface area contributed by atoms with Gasteiger partial charge in [-0.2, -0.15) is 0 Å². The molecule has 0 bridgehead atoms. The van der Waals surface area contributed by atoms with E-state index in [4.69, 9.17) is 0 Å². The number of aryl methyl sites for hydroxylation is 1. The van der Waals surface area contributed by atoms with Gasteiger partial charge in [0.05, 0.1) is 18.1 Å². The molecule has 0 aliphatic carbocycles. The molecule has 0 saturated carbocycles. The summed E-state index contributed by atoms with van der Waals surface area (Å²) in [5.41, 5.74) is 0.948. The lowest BCUT2D eigenvalue weighted by Crippen LogP contribution is -2.39. The van der Waals surface area contributed by atoms with E-state index in [0.29, 0.717) is 13.0 Å². The van der Waals surface area contributed by atoms with Crippen molar-refractivity contribution in [2.45, 2.75) is 19.9 Å². The van der Waals surface area contributed by atoms with Crippen molar-refractivity contribution < 1.29 is 13.2 Å². The fraction of sp³-hybridized carbons (Fsp3) is 0.600. The SMILES string of the molecule is Cc1csc(CNC(=O)CC2CS(=O)(=O)C2)n1. The number of thiazole rings is 1. The van der Waals surface area contributed by atoms with E-state index in [1.54, 1.807) is 0 Å². The molecule has 1 amide bonds. The lowest BCUT2D eigenvalue weighted by atomic mass is 10.1. The highest BCUT2D eigenvalue weighted by Crippen LogP contribution is 2.21. The summed E-state index contributed by atoms with van der Waals surface area (Å²) >= 11 is 1.51. The minimum absolute atomic E-state index is 0.00182. The van der Waals surface area contributed by atoms with Crippen LogP contribution in [0.5, 0.6) is 0 Å². The summed E-state index contributed by atoms with van der Waals surface area (Å²) < 4.78 is 21.8. The van der Waals surface area contributed by atoms with E-state index in [1.165, 1.54) is 11.3 Å². The van der Waals surface area contributed by atoms with E-state index in [0.717, 1.165) is 10.7 Å². The average molecular weight is 274 g/mol. The van der Waals surface area contributed by atoms with Crippen molar-refractivity contribution in [3.63, 3.8) is 0 Å². The Bertz CT molecular complexity index is 509. The maximum Gasteiger partial charge on any atom is 0.220 e. The molecule has 7 heteroatoms. The topological polar surface area (TPSA) is 76.1 Å². The number of hydrogen-bond acceptors (Lipinski definition) is 5. The molecule has 1 aromatic rings. The number of carbonyl (C=O) groups is 1. The van der Waals surface area contributed by atoms with Gasteiger partial charge >= 0.3 is 0 Å². The van der Waals surface area contributed by atoms with Crippen LogP contribution in [0.15, 0.2) is 5.38 Å². The zero-order chi connectivity index (χ0) is 12.5. The van der Waals surface area contributed by atoms with Crippen molar-refractivity contribution in [1.82, 2.24) is 10.3 Å². The van der Waals surface area contributed by atoms with Gasteiger partial charge in [0.2, 0.25) is 5.91 Å². The summed E-state index contributed by atoms with van der Waals surface area (Å²) in [7, 11) is -2.83. The van der Waals surface area contributed by atoms with Gasteiger partial charge in [0.1, 0.15) is 5.01 Å². The molecule has 1 aliphatic rings. The lowest BCUT2D eigenvalue weighted by molar-refractivity contribution is -0.121. The third-order valence-corrected chi connectivity index (χ3v) is 5.48. The molecule has 0 radical (unpaired) electrons. The Kier molecular flexibility index (Phi) is 3.48. The molecule has 5 nitrogen and oxygen atoms in total. The van der Waals surface area contributed by atoms with Crippen molar-refractivity contribution >= 4 is 27.1 Å². The maximum absolute atomic E-state index is 11.5. The molecular formula is C10H14N2O3S2. The maximum atomic E-state index is 11.5. The zero-order valence-corrected chi connectivity index (χ0v) is 11.1. The van der Waals surface area contributed by atoms with Crippen LogP contribution in [0.1, 0.15) is 17.1 Å². The molecule has 17 heavy (non-hydrogen) atoms. The number of hydrogen-bond donors (Lipinski definition) is 1. The van der Waals surface area contributed by atoms with Crippen LogP contribution in [0.3, 0.4) is 0 Å². The first kappa shape index (κ1) is 12.5. The second-order valence-electron chi connectivity index (χ2n) is 4.31. The molecule has 0 atom stereocenters. The number of nitrogens with zero attached hydrogens (tertiary/aromatic N) is 1.